The fourth-order valence-corrected chi connectivity index (χ4v) is 3.32. The molecule has 3 N–H and O–H groups in total. The Labute approximate surface area is 112 Å². The van der Waals surface area contributed by atoms with E-state index in [2.05, 4.69) is 0 Å². The van der Waals surface area contributed by atoms with Crippen LogP contribution in [0.15, 0.2) is 29.2 Å². The van der Waals surface area contributed by atoms with Gasteiger partial charge in [0, 0.05) is 19.0 Å². The molecule has 0 heterocycles. The lowest BCUT2D eigenvalue weighted by atomic mass is 10.3. The molecule has 1 rings (SSSR count). The van der Waals surface area contributed by atoms with Gasteiger partial charge in [-0.3, -0.25) is 5.41 Å². The van der Waals surface area contributed by atoms with Crippen molar-refractivity contribution in [2.24, 2.45) is 5.73 Å². The molecule has 1 aromatic carbocycles. The minimum atomic E-state index is -3.78. The summed E-state index contributed by atoms with van der Waals surface area (Å²) in [6, 6.07) is 4.58. The van der Waals surface area contributed by atoms with Crippen molar-refractivity contribution in [3.63, 3.8) is 0 Å². The Balaban J connectivity index is 3.09. The zero-order valence-corrected chi connectivity index (χ0v) is 11.7. The van der Waals surface area contributed by atoms with Gasteiger partial charge in [-0.1, -0.05) is 6.07 Å². The average molecular weight is 287 g/mol. The highest BCUT2D eigenvalue weighted by molar-refractivity contribution is 7.89. The van der Waals surface area contributed by atoms with Crippen molar-refractivity contribution >= 4 is 15.9 Å². The molecule has 0 bridgehead atoms. The van der Waals surface area contributed by atoms with Crippen molar-refractivity contribution in [3.8, 4) is 0 Å². The summed E-state index contributed by atoms with van der Waals surface area (Å²) in [5, 5.41) is 7.17. The summed E-state index contributed by atoms with van der Waals surface area (Å²) in [6.07, 6.45) is 0.146. The summed E-state index contributed by atoms with van der Waals surface area (Å²) in [7, 11) is -3.78. The molecule has 0 radical (unpaired) electrons. The number of nitrogens with one attached hydrogen (secondary N) is 1. The van der Waals surface area contributed by atoms with Crippen molar-refractivity contribution in [2.45, 2.75) is 31.2 Å². The van der Waals surface area contributed by atoms with Crippen molar-refractivity contribution in [3.05, 3.63) is 30.1 Å². The number of sulfonamides is 1. The van der Waals surface area contributed by atoms with Gasteiger partial charge in [0.15, 0.2) is 0 Å². The number of hydrogen-bond donors (Lipinski definition) is 2. The molecule has 0 saturated heterocycles. The molecule has 0 atom stereocenters. The molecule has 1 aromatic rings. The quantitative estimate of drug-likeness (QED) is 0.614. The van der Waals surface area contributed by atoms with Crippen LogP contribution in [0.4, 0.5) is 4.39 Å². The van der Waals surface area contributed by atoms with Crippen LogP contribution in [-0.4, -0.2) is 31.1 Å². The molecule has 0 spiro atoms. The number of benzene rings is 1. The maximum Gasteiger partial charge on any atom is 0.243 e. The van der Waals surface area contributed by atoms with E-state index >= 15 is 0 Å². The predicted molar refractivity (Wildman–Crippen MR) is 72.0 cm³/mol. The molecule has 0 aliphatic rings. The first-order valence-electron chi connectivity index (χ1n) is 5.85. The molecule has 19 heavy (non-hydrogen) atoms. The molecule has 106 valence electrons. The second-order valence-corrected chi connectivity index (χ2v) is 6.33. The molecule has 0 saturated carbocycles. The van der Waals surface area contributed by atoms with Crippen LogP contribution in [0.2, 0.25) is 0 Å². The highest BCUT2D eigenvalue weighted by Gasteiger charge is 2.27. The van der Waals surface area contributed by atoms with E-state index in [0.29, 0.717) is 0 Å². The molecule has 0 aliphatic heterocycles. The van der Waals surface area contributed by atoms with Gasteiger partial charge < -0.3 is 5.73 Å². The van der Waals surface area contributed by atoms with E-state index in [-0.39, 0.29) is 29.7 Å². The van der Waals surface area contributed by atoms with Crippen LogP contribution in [0.3, 0.4) is 0 Å². The van der Waals surface area contributed by atoms with Crippen LogP contribution in [0, 0.1) is 11.2 Å². The Morgan fingerprint density at radius 3 is 2.58 bits per heavy atom. The average Bonchev–Trinajstić information content (AvgIpc) is 2.27. The molecular formula is C12H18FN3O2S. The Morgan fingerprint density at radius 1 is 1.47 bits per heavy atom. The predicted octanol–water partition coefficient (Wildman–Crippen LogP) is 1.55. The van der Waals surface area contributed by atoms with Crippen LogP contribution >= 0.6 is 0 Å². The Kier molecular flexibility index (Phi) is 5.02. The second kappa shape index (κ2) is 6.12. The fourth-order valence-electron chi connectivity index (χ4n) is 1.65. The van der Waals surface area contributed by atoms with E-state index in [1.165, 1.54) is 22.5 Å². The smallest absolute Gasteiger partial charge is 0.243 e. The van der Waals surface area contributed by atoms with Gasteiger partial charge in [-0.2, -0.15) is 4.31 Å². The lowest BCUT2D eigenvalue weighted by Gasteiger charge is -2.25. The third-order valence-corrected chi connectivity index (χ3v) is 4.65. The number of nitrogens with two attached hydrogens (primary N) is 1. The van der Waals surface area contributed by atoms with Gasteiger partial charge in [0.05, 0.1) is 10.7 Å². The van der Waals surface area contributed by atoms with Gasteiger partial charge in [-0.15, -0.1) is 0 Å². The van der Waals surface area contributed by atoms with Gasteiger partial charge in [0.25, 0.3) is 0 Å². The molecule has 0 aromatic heterocycles. The summed E-state index contributed by atoms with van der Waals surface area (Å²) < 4.78 is 39.1. The van der Waals surface area contributed by atoms with Crippen molar-refractivity contribution < 1.29 is 12.8 Å². The topological polar surface area (TPSA) is 87.2 Å². The molecule has 0 amide bonds. The second-order valence-electron chi connectivity index (χ2n) is 4.44. The third-order valence-electron chi connectivity index (χ3n) is 2.58. The van der Waals surface area contributed by atoms with Crippen molar-refractivity contribution in [1.29, 1.82) is 5.41 Å². The third kappa shape index (κ3) is 4.00. The van der Waals surface area contributed by atoms with Crippen LogP contribution in [0.1, 0.15) is 20.3 Å². The lowest BCUT2D eigenvalue weighted by Crippen LogP contribution is -2.39. The maximum atomic E-state index is 13.1. The van der Waals surface area contributed by atoms with Crippen LogP contribution in [0.5, 0.6) is 0 Å². The van der Waals surface area contributed by atoms with Crippen LogP contribution in [-0.2, 0) is 10.0 Å². The first kappa shape index (κ1) is 15.6. The minimum absolute atomic E-state index is 0.0832. The molecular weight excluding hydrogens is 269 g/mol. The Bertz CT molecular complexity index is 558. The monoisotopic (exact) mass is 287 g/mol. The summed E-state index contributed by atoms with van der Waals surface area (Å²) in [6.45, 7) is 3.54. The number of hydrogen-bond acceptors (Lipinski definition) is 3. The van der Waals surface area contributed by atoms with Gasteiger partial charge in [-0.25, -0.2) is 12.8 Å². The minimum Gasteiger partial charge on any atom is -0.388 e. The number of rotatable bonds is 6. The normalized spacial score (nSPS) is 12.1. The molecule has 7 heteroatoms. The summed E-state index contributed by atoms with van der Waals surface area (Å²) >= 11 is 0. The highest BCUT2D eigenvalue weighted by atomic mass is 32.2. The van der Waals surface area contributed by atoms with Crippen molar-refractivity contribution in [1.82, 2.24) is 4.31 Å². The molecule has 5 nitrogen and oxygen atoms in total. The molecule has 0 fully saturated rings. The Hall–Kier alpha value is -1.47. The Morgan fingerprint density at radius 2 is 2.11 bits per heavy atom. The largest absolute Gasteiger partial charge is 0.388 e. The van der Waals surface area contributed by atoms with E-state index in [4.69, 9.17) is 11.1 Å². The summed E-state index contributed by atoms with van der Waals surface area (Å²) in [4.78, 5) is -0.0928. The SMILES string of the molecule is CC(C)N(CCC(=N)N)S(=O)(=O)c1cccc(F)c1. The number of amidine groups is 1. The van der Waals surface area contributed by atoms with Gasteiger partial charge in [-0.05, 0) is 32.0 Å². The fraction of sp³-hybridized carbons (Fsp3) is 0.417. The van der Waals surface area contributed by atoms with E-state index in [1.807, 2.05) is 0 Å². The zero-order valence-electron chi connectivity index (χ0n) is 10.9. The van der Waals surface area contributed by atoms with E-state index < -0.39 is 15.8 Å². The number of nitrogens with zero attached hydrogens (tertiary/aromatic N) is 1. The highest BCUT2D eigenvalue weighted by Crippen LogP contribution is 2.19. The van der Waals surface area contributed by atoms with Crippen LogP contribution < -0.4 is 5.73 Å². The summed E-state index contributed by atoms with van der Waals surface area (Å²) in [5.74, 6) is -0.684. The van der Waals surface area contributed by atoms with E-state index in [9.17, 15) is 12.8 Å². The zero-order chi connectivity index (χ0) is 14.6. The standard InChI is InChI=1S/C12H18FN3O2S/c1-9(2)16(7-6-12(14)15)19(17,18)11-5-3-4-10(13)8-11/h3-5,8-9H,6-7H2,1-2H3,(H3,14,15). The maximum absolute atomic E-state index is 13.1. The first-order chi connectivity index (χ1) is 8.75. The summed E-state index contributed by atoms with van der Waals surface area (Å²) in [5.41, 5.74) is 5.25. The first-order valence-corrected chi connectivity index (χ1v) is 7.29. The van der Waals surface area contributed by atoms with Gasteiger partial charge in [0.2, 0.25) is 10.0 Å². The van der Waals surface area contributed by atoms with Gasteiger partial charge in [0.1, 0.15) is 5.82 Å². The van der Waals surface area contributed by atoms with Gasteiger partial charge >= 0.3 is 0 Å². The lowest BCUT2D eigenvalue weighted by molar-refractivity contribution is 0.361. The van der Waals surface area contributed by atoms with Crippen LogP contribution in [0.25, 0.3) is 0 Å². The van der Waals surface area contributed by atoms with E-state index in [1.54, 1.807) is 13.8 Å². The molecule has 0 unspecified atom stereocenters. The number of halogens is 1. The van der Waals surface area contributed by atoms with E-state index in [0.717, 1.165) is 6.07 Å². The van der Waals surface area contributed by atoms with Crippen molar-refractivity contribution in [2.75, 3.05) is 6.54 Å². The molecule has 0 aliphatic carbocycles.